The Balaban J connectivity index is 1.94. The van der Waals surface area contributed by atoms with Crippen LogP contribution in [0.5, 0.6) is 5.75 Å². The number of carbonyl (C=O) groups is 2. The quantitative estimate of drug-likeness (QED) is 0.397. The van der Waals surface area contributed by atoms with Crippen molar-refractivity contribution >= 4 is 29.3 Å². The molecule has 3 rings (SSSR count). The maximum atomic E-state index is 14.9. The Kier molecular flexibility index (Phi) is 7.01. The van der Waals surface area contributed by atoms with E-state index in [4.69, 9.17) is 15.6 Å². The maximum Gasteiger partial charge on any atom is 0.404 e. The summed E-state index contributed by atoms with van der Waals surface area (Å²) in [5, 5.41) is 17.6. The Bertz CT molecular complexity index is 1010. The Morgan fingerprint density at radius 2 is 2.00 bits per heavy atom. The fourth-order valence-electron chi connectivity index (χ4n) is 3.80. The fraction of sp³-hybridized carbons (Fsp3) is 0.409. The number of carbonyl (C=O) groups excluding carboxylic acids is 1. The molecule has 2 amide bonds. The van der Waals surface area contributed by atoms with E-state index in [1.54, 1.807) is 26.2 Å². The summed E-state index contributed by atoms with van der Waals surface area (Å²) in [6, 6.07) is 5.52. The van der Waals surface area contributed by atoms with Gasteiger partial charge in [0.15, 0.2) is 11.6 Å². The van der Waals surface area contributed by atoms with Crippen LogP contribution < -0.4 is 26.4 Å². The minimum Gasteiger partial charge on any atom is -0.496 e. The minimum atomic E-state index is -1.16. The number of carboxylic acid groups (broad SMARTS) is 1. The molecule has 172 valence electrons. The number of amides is 2. The van der Waals surface area contributed by atoms with Gasteiger partial charge in [0.25, 0.3) is 5.91 Å². The lowest BCUT2D eigenvalue weighted by molar-refractivity contribution is 0.1000. The number of methoxy groups -OCH3 is 1. The van der Waals surface area contributed by atoms with Crippen LogP contribution in [0.4, 0.5) is 26.5 Å². The van der Waals surface area contributed by atoms with E-state index in [-0.39, 0.29) is 29.2 Å². The lowest BCUT2D eigenvalue weighted by atomic mass is 9.77. The van der Waals surface area contributed by atoms with Gasteiger partial charge < -0.3 is 31.5 Å². The number of hydrogen-bond donors (Lipinski definition) is 5. The number of halogens is 1. The van der Waals surface area contributed by atoms with Crippen LogP contribution in [0.1, 0.15) is 42.1 Å². The highest BCUT2D eigenvalue weighted by Gasteiger charge is 2.33. The molecule has 1 aromatic heterocycles. The molecule has 1 aliphatic carbocycles. The first kappa shape index (κ1) is 23.1. The molecule has 1 aliphatic rings. The van der Waals surface area contributed by atoms with E-state index >= 15 is 0 Å². The number of pyridine rings is 1. The van der Waals surface area contributed by atoms with Crippen molar-refractivity contribution in [1.82, 2.24) is 10.3 Å². The average molecular weight is 445 g/mol. The summed E-state index contributed by atoms with van der Waals surface area (Å²) >= 11 is 0. The van der Waals surface area contributed by atoms with Crippen molar-refractivity contribution in [3.8, 4) is 5.75 Å². The molecule has 1 heterocycles. The van der Waals surface area contributed by atoms with Crippen molar-refractivity contribution < 1.29 is 23.8 Å². The number of anilines is 3. The van der Waals surface area contributed by atoms with Crippen LogP contribution in [-0.2, 0) is 0 Å². The van der Waals surface area contributed by atoms with Gasteiger partial charge in [0.1, 0.15) is 11.6 Å². The highest BCUT2D eigenvalue weighted by atomic mass is 19.1. The number of nitrogens with two attached hydrogens (primary N) is 1. The summed E-state index contributed by atoms with van der Waals surface area (Å²) in [5.74, 6) is -0.786. The summed E-state index contributed by atoms with van der Waals surface area (Å²) in [5.41, 5.74) is 6.84. The highest BCUT2D eigenvalue weighted by molar-refractivity contribution is 5.98. The number of rotatable bonds is 9. The maximum absolute atomic E-state index is 14.9. The van der Waals surface area contributed by atoms with E-state index in [1.807, 2.05) is 13.0 Å². The Morgan fingerprint density at radius 1 is 1.28 bits per heavy atom. The van der Waals surface area contributed by atoms with E-state index in [1.165, 1.54) is 0 Å². The van der Waals surface area contributed by atoms with Crippen LogP contribution in [0.25, 0.3) is 0 Å². The van der Waals surface area contributed by atoms with Gasteiger partial charge in [0.05, 0.1) is 18.7 Å². The SMILES string of the molecule is COc1cc(Nc2nc(N[C@@H](C3CCC3)[C@H](C)NC(=O)O)c(F)cc2C(N)=O)ccc1C. The average Bonchev–Trinajstić information content (AvgIpc) is 2.68. The predicted molar refractivity (Wildman–Crippen MR) is 119 cm³/mol. The Hall–Kier alpha value is -3.56. The lowest BCUT2D eigenvalue weighted by Crippen LogP contribution is -2.50. The van der Waals surface area contributed by atoms with Crippen molar-refractivity contribution in [2.75, 3.05) is 17.7 Å². The first-order chi connectivity index (χ1) is 15.2. The second-order valence-electron chi connectivity index (χ2n) is 7.99. The monoisotopic (exact) mass is 445 g/mol. The zero-order valence-corrected chi connectivity index (χ0v) is 18.2. The van der Waals surface area contributed by atoms with Gasteiger partial charge >= 0.3 is 6.09 Å². The summed E-state index contributed by atoms with van der Waals surface area (Å²) in [6.07, 6.45) is 1.68. The minimum absolute atomic E-state index is 0.0820. The predicted octanol–water partition coefficient (Wildman–Crippen LogP) is 3.62. The van der Waals surface area contributed by atoms with Crippen LogP contribution in [0.15, 0.2) is 24.3 Å². The molecule has 1 saturated carbocycles. The number of nitrogens with one attached hydrogen (secondary N) is 3. The van der Waals surface area contributed by atoms with Gasteiger partial charge in [-0.05, 0) is 50.3 Å². The van der Waals surface area contributed by atoms with Gasteiger partial charge in [-0.25, -0.2) is 14.2 Å². The summed E-state index contributed by atoms with van der Waals surface area (Å²) < 4.78 is 20.2. The number of hydrogen-bond acceptors (Lipinski definition) is 6. The van der Waals surface area contributed by atoms with Crippen molar-refractivity contribution in [2.45, 2.75) is 45.2 Å². The first-order valence-corrected chi connectivity index (χ1v) is 10.4. The van der Waals surface area contributed by atoms with E-state index in [0.29, 0.717) is 11.4 Å². The number of nitrogens with zero attached hydrogens (tertiary/aromatic N) is 1. The smallest absolute Gasteiger partial charge is 0.404 e. The largest absolute Gasteiger partial charge is 0.496 e. The first-order valence-electron chi connectivity index (χ1n) is 10.4. The van der Waals surface area contributed by atoms with Crippen molar-refractivity contribution in [3.63, 3.8) is 0 Å². The summed E-state index contributed by atoms with van der Waals surface area (Å²) in [6.45, 7) is 3.61. The van der Waals surface area contributed by atoms with Crippen LogP contribution in [0.3, 0.4) is 0 Å². The molecule has 0 spiro atoms. The molecule has 9 nitrogen and oxygen atoms in total. The molecule has 6 N–H and O–H groups in total. The molecular formula is C22H28FN5O4. The summed E-state index contributed by atoms with van der Waals surface area (Å²) in [4.78, 5) is 27.3. The second-order valence-corrected chi connectivity index (χ2v) is 7.99. The lowest BCUT2D eigenvalue weighted by Gasteiger charge is -2.38. The van der Waals surface area contributed by atoms with E-state index < -0.39 is 23.9 Å². The Morgan fingerprint density at radius 3 is 2.56 bits per heavy atom. The van der Waals surface area contributed by atoms with Gasteiger partial charge in [0, 0.05) is 17.8 Å². The third-order valence-corrected chi connectivity index (χ3v) is 5.76. The molecular weight excluding hydrogens is 417 g/mol. The third-order valence-electron chi connectivity index (χ3n) is 5.76. The molecule has 0 saturated heterocycles. The summed E-state index contributed by atoms with van der Waals surface area (Å²) in [7, 11) is 1.55. The van der Waals surface area contributed by atoms with Crippen molar-refractivity contribution in [1.29, 1.82) is 0 Å². The molecule has 1 fully saturated rings. The van der Waals surface area contributed by atoms with Gasteiger partial charge in [-0.3, -0.25) is 4.79 Å². The molecule has 1 aromatic carbocycles. The topological polar surface area (TPSA) is 139 Å². The van der Waals surface area contributed by atoms with Gasteiger partial charge in [-0.1, -0.05) is 12.5 Å². The number of aryl methyl sites for hydroxylation is 1. The van der Waals surface area contributed by atoms with Crippen molar-refractivity contribution in [2.24, 2.45) is 11.7 Å². The van der Waals surface area contributed by atoms with Gasteiger partial charge in [-0.15, -0.1) is 0 Å². The standard InChI is InChI=1S/C22H28FN5O4/c1-11-7-8-14(9-17(11)32-3)26-20-15(19(24)29)10-16(23)21(28-20)27-18(13-5-4-6-13)12(2)25-22(30)31/h7-10,12-13,18,25H,4-6H2,1-3H3,(H2,24,29)(H,30,31)(H2,26,27,28)/t12-,18+/m0/s1. The molecule has 32 heavy (non-hydrogen) atoms. The van der Waals surface area contributed by atoms with Crippen molar-refractivity contribution in [3.05, 3.63) is 41.2 Å². The van der Waals surface area contributed by atoms with Crippen LogP contribution in [0, 0.1) is 18.7 Å². The van der Waals surface area contributed by atoms with Gasteiger partial charge in [-0.2, -0.15) is 0 Å². The van der Waals surface area contributed by atoms with Crippen LogP contribution in [-0.4, -0.2) is 41.3 Å². The third kappa shape index (κ3) is 5.19. The molecule has 10 heteroatoms. The number of aromatic nitrogens is 1. The molecule has 0 radical (unpaired) electrons. The Labute approximate surface area is 185 Å². The molecule has 2 atom stereocenters. The fourth-order valence-corrected chi connectivity index (χ4v) is 3.80. The number of ether oxygens (including phenoxy) is 1. The van der Waals surface area contributed by atoms with Gasteiger partial charge in [0.2, 0.25) is 0 Å². The molecule has 2 aromatic rings. The zero-order valence-electron chi connectivity index (χ0n) is 18.2. The number of benzene rings is 1. The van der Waals surface area contributed by atoms with Crippen LogP contribution in [0.2, 0.25) is 0 Å². The molecule has 0 aliphatic heterocycles. The zero-order chi connectivity index (χ0) is 23.4. The number of primary amides is 1. The normalized spacial score (nSPS) is 15.2. The van der Waals surface area contributed by atoms with Crippen LogP contribution >= 0.6 is 0 Å². The van der Waals surface area contributed by atoms with E-state index in [0.717, 1.165) is 30.9 Å². The van der Waals surface area contributed by atoms with E-state index in [2.05, 4.69) is 20.9 Å². The molecule has 0 unspecified atom stereocenters. The van der Waals surface area contributed by atoms with E-state index in [9.17, 15) is 14.0 Å². The molecule has 0 bridgehead atoms. The second kappa shape index (κ2) is 9.71. The highest BCUT2D eigenvalue weighted by Crippen LogP contribution is 2.34.